The van der Waals surface area contributed by atoms with Crippen LogP contribution in [0.25, 0.3) is 0 Å². The standard InChI is InChI=1S/C15H20N2O3/c1-9-5-4-6-13(11(9)3)16-15(20)17-7-10(2)12(8-17)14(18)19/h4-6,10,12H,7-8H2,1-3H3,(H,16,20)(H,18,19)/t10-,12-/m1/s1. The molecule has 0 spiro atoms. The first kappa shape index (κ1) is 14.4. The van der Waals surface area contributed by atoms with Crippen LogP contribution < -0.4 is 5.32 Å². The highest BCUT2D eigenvalue weighted by Gasteiger charge is 2.37. The van der Waals surface area contributed by atoms with E-state index in [0.29, 0.717) is 6.54 Å². The Labute approximate surface area is 118 Å². The van der Waals surface area contributed by atoms with Crippen LogP contribution in [-0.2, 0) is 4.79 Å². The maximum Gasteiger partial charge on any atom is 0.321 e. The number of hydrogen-bond donors (Lipinski definition) is 2. The van der Waals surface area contributed by atoms with Crippen molar-refractivity contribution in [3.05, 3.63) is 29.3 Å². The summed E-state index contributed by atoms with van der Waals surface area (Å²) >= 11 is 0. The van der Waals surface area contributed by atoms with Crippen LogP contribution in [0.5, 0.6) is 0 Å². The van der Waals surface area contributed by atoms with Gasteiger partial charge in [-0.15, -0.1) is 0 Å². The Morgan fingerprint density at radius 2 is 2.00 bits per heavy atom. The van der Waals surface area contributed by atoms with Crippen molar-refractivity contribution >= 4 is 17.7 Å². The number of rotatable bonds is 2. The van der Waals surface area contributed by atoms with Crippen LogP contribution in [0, 0.1) is 25.7 Å². The second-order valence-electron chi connectivity index (χ2n) is 5.50. The Balaban J connectivity index is 2.06. The number of nitrogens with zero attached hydrogens (tertiary/aromatic N) is 1. The van der Waals surface area contributed by atoms with Gasteiger partial charge in [-0.3, -0.25) is 4.79 Å². The molecule has 1 saturated heterocycles. The lowest BCUT2D eigenvalue weighted by Crippen LogP contribution is -2.34. The Morgan fingerprint density at radius 1 is 1.30 bits per heavy atom. The molecule has 108 valence electrons. The molecule has 1 heterocycles. The molecular formula is C15H20N2O3. The van der Waals surface area contributed by atoms with Crippen molar-refractivity contribution in [1.82, 2.24) is 4.90 Å². The summed E-state index contributed by atoms with van der Waals surface area (Å²) in [7, 11) is 0. The molecule has 1 fully saturated rings. The minimum atomic E-state index is -0.834. The van der Waals surface area contributed by atoms with Crippen LogP contribution in [0.4, 0.5) is 10.5 Å². The van der Waals surface area contributed by atoms with Crippen molar-refractivity contribution in [1.29, 1.82) is 0 Å². The topological polar surface area (TPSA) is 69.6 Å². The summed E-state index contributed by atoms with van der Waals surface area (Å²) in [6.07, 6.45) is 0. The number of likely N-dealkylation sites (tertiary alicyclic amines) is 1. The fourth-order valence-corrected chi connectivity index (χ4v) is 2.53. The van der Waals surface area contributed by atoms with Gasteiger partial charge in [-0.25, -0.2) is 4.79 Å². The van der Waals surface area contributed by atoms with E-state index in [2.05, 4.69) is 5.32 Å². The molecular weight excluding hydrogens is 256 g/mol. The molecule has 2 amide bonds. The Morgan fingerprint density at radius 3 is 2.60 bits per heavy atom. The van der Waals surface area contributed by atoms with Crippen LogP contribution in [0.1, 0.15) is 18.1 Å². The van der Waals surface area contributed by atoms with Crippen molar-refractivity contribution in [3.8, 4) is 0 Å². The summed E-state index contributed by atoms with van der Waals surface area (Å²) in [4.78, 5) is 24.9. The number of aryl methyl sites for hydroxylation is 1. The van der Waals surface area contributed by atoms with Crippen LogP contribution in [0.2, 0.25) is 0 Å². The van der Waals surface area contributed by atoms with E-state index in [-0.39, 0.29) is 18.5 Å². The normalized spacial score (nSPS) is 21.9. The fraction of sp³-hybridized carbons (Fsp3) is 0.467. The molecule has 0 aromatic heterocycles. The lowest BCUT2D eigenvalue weighted by molar-refractivity contribution is -0.142. The molecule has 1 aliphatic heterocycles. The largest absolute Gasteiger partial charge is 0.481 e. The van der Waals surface area contributed by atoms with Gasteiger partial charge in [0.15, 0.2) is 0 Å². The first-order valence-corrected chi connectivity index (χ1v) is 6.75. The van der Waals surface area contributed by atoms with Crippen LogP contribution in [0.3, 0.4) is 0 Å². The molecule has 0 unspecified atom stereocenters. The van der Waals surface area contributed by atoms with Gasteiger partial charge in [0.1, 0.15) is 0 Å². The van der Waals surface area contributed by atoms with Crippen molar-refractivity contribution < 1.29 is 14.7 Å². The number of aliphatic carboxylic acids is 1. The molecule has 0 saturated carbocycles. The predicted octanol–water partition coefficient (Wildman–Crippen LogP) is 2.49. The molecule has 0 radical (unpaired) electrons. The molecule has 2 N–H and O–H groups in total. The zero-order valence-electron chi connectivity index (χ0n) is 12.0. The SMILES string of the molecule is Cc1cccc(NC(=O)N2C[C@@H](C)[C@H](C(=O)O)C2)c1C. The second kappa shape index (κ2) is 5.53. The fourth-order valence-electron chi connectivity index (χ4n) is 2.53. The molecule has 1 aromatic carbocycles. The van der Waals surface area contributed by atoms with E-state index in [4.69, 9.17) is 5.11 Å². The van der Waals surface area contributed by atoms with Crippen molar-refractivity contribution in [2.24, 2.45) is 11.8 Å². The Bertz CT molecular complexity index is 542. The van der Waals surface area contributed by atoms with Crippen LogP contribution in [-0.4, -0.2) is 35.1 Å². The lowest BCUT2D eigenvalue weighted by Gasteiger charge is -2.18. The Kier molecular flexibility index (Phi) is 3.97. The average Bonchev–Trinajstić information content (AvgIpc) is 2.77. The molecule has 0 aliphatic carbocycles. The highest BCUT2D eigenvalue weighted by molar-refractivity contribution is 5.91. The molecule has 5 heteroatoms. The van der Waals surface area contributed by atoms with E-state index < -0.39 is 11.9 Å². The van der Waals surface area contributed by atoms with Crippen LogP contribution in [0.15, 0.2) is 18.2 Å². The number of hydrogen-bond acceptors (Lipinski definition) is 2. The Hall–Kier alpha value is -2.04. The molecule has 2 atom stereocenters. The highest BCUT2D eigenvalue weighted by atomic mass is 16.4. The summed E-state index contributed by atoms with van der Waals surface area (Å²) in [5.74, 6) is -1.32. The van der Waals surface area contributed by atoms with Gasteiger partial charge in [0.25, 0.3) is 0 Å². The van der Waals surface area contributed by atoms with Gasteiger partial charge in [0, 0.05) is 18.8 Å². The van der Waals surface area contributed by atoms with Crippen molar-refractivity contribution in [2.45, 2.75) is 20.8 Å². The monoisotopic (exact) mass is 276 g/mol. The van der Waals surface area contributed by atoms with Crippen LogP contribution >= 0.6 is 0 Å². The van der Waals surface area contributed by atoms with E-state index in [9.17, 15) is 9.59 Å². The zero-order chi connectivity index (χ0) is 14.9. The van der Waals surface area contributed by atoms with Gasteiger partial charge in [-0.2, -0.15) is 0 Å². The first-order valence-electron chi connectivity index (χ1n) is 6.75. The van der Waals surface area contributed by atoms with Gasteiger partial charge in [0.2, 0.25) is 0 Å². The van der Waals surface area contributed by atoms with Gasteiger partial charge in [-0.1, -0.05) is 19.1 Å². The number of benzene rings is 1. The molecule has 2 rings (SSSR count). The number of carbonyl (C=O) groups is 2. The van der Waals surface area contributed by atoms with Gasteiger partial charge in [-0.05, 0) is 37.0 Å². The first-order chi connectivity index (χ1) is 9.40. The van der Waals surface area contributed by atoms with E-state index in [1.807, 2.05) is 39.0 Å². The second-order valence-corrected chi connectivity index (χ2v) is 5.50. The number of amides is 2. The minimum Gasteiger partial charge on any atom is -0.481 e. The number of urea groups is 1. The summed E-state index contributed by atoms with van der Waals surface area (Å²) in [6.45, 7) is 6.56. The van der Waals surface area contributed by atoms with Crippen molar-refractivity contribution in [2.75, 3.05) is 18.4 Å². The van der Waals surface area contributed by atoms with E-state index >= 15 is 0 Å². The van der Waals surface area contributed by atoms with E-state index in [1.54, 1.807) is 4.90 Å². The third-order valence-electron chi connectivity index (χ3n) is 4.06. The number of carbonyl (C=O) groups excluding carboxylic acids is 1. The quantitative estimate of drug-likeness (QED) is 0.872. The lowest BCUT2D eigenvalue weighted by atomic mass is 9.99. The molecule has 5 nitrogen and oxygen atoms in total. The summed E-state index contributed by atoms with van der Waals surface area (Å²) < 4.78 is 0. The molecule has 1 aliphatic rings. The van der Waals surface area contributed by atoms with E-state index in [0.717, 1.165) is 16.8 Å². The third-order valence-corrected chi connectivity index (χ3v) is 4.06. The molecule has 1 aromatic rings. The smallest absolute Gasteiger partial charge is 0.321 e. The number of anilines is 1. The minimum absolute atomic E-state index is 0.0168. The zero-order valence-corrected chi connectivity index (χ0v) is 12.0. The highest BCUT2D eigenvalue weighted by Crippen LogP contribution is 2.25. The number of carboxylic acid groups (broad SMARTS) is 1. The predicted molar refractivity (Wildman–Crippen MR) is 76.8 cm³/mol. The summed E-state index contributed by atoms with van der Waals surface area (Å²) in [5, 5.41) is 12.0. The number of nitrogens with one attached hydrogen (secondary N) is 1. The van der Waals surface area contributed by atoms with Gasteiger partial charge < -0.3 is 15.3 Å². The van der Waals surface area contributed by atoms with Gasteiger partial charge in [0.05, 0.1) is 5.92 Å². The molecule has 20 heavy (non-hydrogen) atoms. The third kappa shape index (κ3) is 2.76. The maximum atomic E-state index is 12.2. The summed E-state index contributed by atoms with van der Waals surface area (Å²) in [5.41, 5.74) is 2.92. The average molecular weight is 276 g/mol. The molecule has 0 bridgehead atoms. The maximum absolute atomic E-state index is 12.2. The summed E-state index contributed by atoms with van der Waals surface area (Å²) in [6, 6.07) is 5.51. The van der Waals surface area contributed by atoms with Gasteiger partial charge >= 0.3 is 12.0 Å². The van der Waals surface area contributed by atoms with Crippen molar-refractivity contribution in [3.63, 3.8) is 0 Å². The number of carboxylic acids is 1. The van der Waals surface area contributed by atoms with E-state index in [1.165, 1.54) is 0 Å².